The number of hydrogen-bond acceptors (Lipinski definition) is 10. The first-order valence-corrected chi connectivity index (χ1v) is 42.5. The molecule has 2 aliphatic heterocycles. The number of para-hydroxylation sites is 2. The van der Waals surface area contributed by atoms with Gasteiger partial charge in [0.05, 0.1) is 33.8 Å². The number of oxazole rings is 1. The average Bonchev–Trinajstić information content (AvgIpc) is 2.12. The van der Waals surface area contributed by atoms with Crippen LogP contribution in [-0.4, -0.2) is 66.6 Å². The second-order valence-electron chi connectivity index (χ2n) is 29.7. The van der Waals surface area contributed by atoms with E-state index in [0.29, 0.717) is 15.7 Å². The first kappa shape index (κ1) is 89.8. The van der Waals surface area contributed by atoms with E-state index in [1.165, 1.54) is 27.4 Å². The number of nitrogens with zero attached hydrogens (tertiary/aromatic N) is 12. The van der Waals surface area contributed by atoms with Gasteiger partial charge in [-0.25, -0.2) is 8.42 Å². The molecular formula is C104H82Ir3N12O4PS-4. The standard InChI is InChI=1S/C27H26N3.C27H18N2OP.C21H13N2O2S.C10H9N2.C9H7N2.C9H6NO.CH3.3Ir/c1-18-16-19(2)30(28-18)22-13-10-20(11-14-22)21-12-15-24-23-8-6-7-9-25(23)29(26(24)17-21)27(3,4)5;30-31(23-7-2-1-3-8-23)26-10-5-4-9-24(26)25-16-13-21(19-27(25)31)20-11-14-22(15-12-20)29-18-6-17-28-29;24-26(25)20-5-2-1-4-18(20)19-11-8-16(14-21(19)26)15-6-9-17(10-7-15)23-13-3-12-22-23;1-12-8-7-11-10(12)9-5-3-2-4-6-9;1-2-5-9(6-3-1)11-8-4-7-10-11;1-2-4-8(5-3-1)9-10-6-7-11-9;;;;/h6-13,15-17H,1-5H3;1-14,16-19H;1-9,11-14H;2-5,7-8H,1H3;1-5,7-8H;1-4,6-7H;1H3;;;/q7*-1;;;+3. The van der Waals surface area contributed by atoms with E-state index in [0.717, 1.165) is 117 Å². The monoisotopic (exact) mass is 2200 g/mol. The quantitative estimate of drug-likeness (QED) is 0.0948. The zero-order valence-electron chi connectivity index (χ0n) is 69.1. The summed E-state index contributed by atoms with van der Waals surface area (Å²) in [5.74, 6) is 1.57. The molecule has 0 amide bonds. The van der Waals surface area contributed by atoms with Crippen molar-refractivity contribution < 1.29 is 77.7 Å². The van der Waals surface area contributed by atoms with Crippen molar-refractivity contribution in [3.05, 3.63) is 427 Å². The van der Waals surface area contributed by atoms with Gasteiger partial charge in [0.1, 0.15) is 5.89 Å². The molecule has 125 heavy (non-hydrogen) atoms. The molecule has 2 aliphatic rings. The summed E-state index contributed by atoms with van der Waals surface area (Å²) in [7, 11) is -4.41. The molecule has 0 spiro atoms. The summed E-state index contributed by atoms with van der Waals surface area (Å²) < 4.78 is 57.1. The summed E-state index contributed by atoms with van der Waals surface area (Å²) in [6.45, 7) is 10.9. The Bertz CT molecular complexity index is 7040. The largest absolute Gasteiger partial charge is 3.00 e. The van der Waals surface area contributed by atoms with Crippen molar-refractivity contribution in [1.29, 1.82) is 0 Å². The van der Waals surface area contributed by atoms with Crippen LogP contribution in [0.2, 0.25) is 0 Å². The van der Waals surface area contributed by atoms with E-state index in [9.17, 15) is 13.0 Å². The van der Waals surface area contributed by atoms with Crippen LogP contribution in [0.5, 0.6) is 0 Å². The van der Waals surface area contributed by atoms with E-state index < -0.39 is 17.0 Å². The third-order valence-electron chi connectivity index (χ3n) is 20.8. The summed E-state index contributed by atoms with van der Waals surface area (Å²) in [6.07, 6.45) is 17.7. The fourth-order valence-corrected chi connectivity index (χ4v) is 20.0. The summed E-state index contributed by atoms with van der Waals surface area (Å²) in [5, 5.41) is 22.4. The van der Waals surface area contributed by atoms with Crippen molar-refractivity contribution in [2.45, 2.75) is 49.9 Å². The number of sulfone groups is 1. The maximum atomic E-state index is 14.6. The molecule has 0 N–H and O–H groups in total. The van der Waals surface area contributed by atoms with Crippen LogP contribution >= 0.6 is 7.14 Å². The number of benzene rings is 13. The molecule has 0 saturated heterocycles. The minimum Gasteiger partial charge on any atom is -0.489 e. The fourth-order valence-electron chi connectivity index (χ4n) is 15.2. The predicted molar refractivity (Wildman–Crippen MR) is 487 cm³/mol. The Labute approximate surface area is 769 Å². The van der Waals surface area contributed by atoms with E-state index in [4.69, 9.17) is 4.42 Å². The van der Waals surface area contributed by atoms with Gasteiger partial charge in [-0.3, -0.25) is 28.7 Å². The number of rotatable bonds is 10. The third kappa shape index (κ3) is 19.1. The normalized spacial score (nSPS) is 12.7. The molecule has 0 aliphatic carbocycles. The van der Waals surface area contributed by atoms with Gasteiger partial charge in [0, 0.05) is 157 Å². The predicted octanol–water partition coefficient (Wildman–Crippen LogP) is 22.1. The molecule has 20 aromatic rings. The number of hydrogen-bond donors (Lipinski definition) is 0. The van der Waals surface area contributed by atoms with Crippen molar-refractivity contribution >= 4 is 54.7 Å². The Hall–Kier alpha value is -13.0. The van der Waals surface area contributed by atoms with Crippen LogP contribution in [0, 0.1) is 57.7 Å². The van der Waals surface area contributed by atoms with Crippen LogP contribution in [0.4, 0.5) is 0 Å². The molecule has 0 saturated carbocycles. The van der Waals surface area contributed by atoms with Crippen molar-refractivity contribution in [3.63, 3.8) is 0 Å². The summed E-state index contributed by atoms with van der Waals surface area (Å²) in [4.78, 5) is 8.96. The van der Waals surface area contributed by atoms with E-state index >= 15 is 0 Å². The van der Waals surface area contributed by atoms with Crippen LogP contribution in [-0.2, 0) is 87.3 Å². The Morgan fingerprint density at radius 2 is 0.920 bits per heavy atom. The molecule has 2 radical (unpaired) electrons. The fraction of sp³-hybridized carbons (Fsp3) is 0.0673. The van der Waals surface area contributed by atoms with E-state index in [-0.39, 0.29) is 73.3 Å². The van der Waals surface area contributed by atoms with Crippen molar-refractivity contribution in [3.8, 4) is 101 Å². The zero-order chi connectivity index (χ0) is 83.0. The second-order valence-corrected chi connectivity index (χ2v) is 34.3. The first-order chi connectivity index (χ1) is 59.0. The molecule has 0 bridgehead atoms. The molecular weight excluding hydrogens is 2120 g/mol. The van der Waals surface area contributed by atoms with Crippen LogP contribution in [0.1, 0.15) is 32.2 Å². The average molecular weight is 2200 g/mol. The number of aryl methyl sites for hydroxylation is 3. The smallest absolute Gasteiger partial charge is 0.489 e. The van der Waals surface area contributed by atoms with Gasteiger partial charge in [-0.2, -0.15) is 99.3 Å². The summed E-state index contributed by atoms with van der Waals surface area (Å²) in [6, 6.07) is 120. The van der Waals surface area contributed by atoms with Crippen LogP contribution in [0.3, 0.4) is 0 Å². The van der Waals surface area contributed by atoms with Crippen molar-refractivity contribution in [1.82, 2.24) is 58.2 Å². The van der Waals surface area contributed by atoms with Gasteiger partial charge >= 0.3 is 20.1 Å². The Morgan fingerprint density at radius 3 is 1.46 bits per heavy atom. The summed E-state index contributed by atoms with van der Waals surface area (Å²) in [5.41, 5.74) is 20.1. The minimum absolute atomic E-state index is 0. The second kappa shape index (κ2) is 39.7. The number of imidazole rings is 1. The van der Waals surface area contributed by atoms with Gasteiger partial charge in [0.25, 0.3) is 0 Å². The van der Waals surface area contributed by atoms with Crippen molar-refractivity contribution in [2.24, 2.45) is 7.05 Å². The van der Waals surface area contributed by atoms with E-state index in [2.05, 4.69) is 196 Å². The van der Waals surface area contributed by atoms with Crippen molar-refractivity contribution in [2.75, 3.05) is 0 Å². The van der Waals surface area contributed by atoms with Gasteiger partial charge in [-0.15, -0.1) is 107 Å². The molecule has 1 unspecified atom stereocenters. The van der Waals surface area contributed by atoms with Gasteiger partial charge in [-0.1, -0.05) is 156 Å². The molecule has 1 atom stereocenters. The Balaban J connectivity index is 0.000000134. The van der Waals surface area contributed by atoms with E-state index in [1.807, 2.05) is 242 Å². The maximum absolute atomic E-state index is 14.6. The van der Waals surface area contributed by atoms with Gasteiger partial charge in [0.15, 0.2) is 7.14 Å². The topological polar surface area (TPSA) is 171 Å². The zero-order valence-corrected chi connectivity index (χ0v) is 78.0. The van der Waals surface area contributed by atoms with Gasteiger partial charge in [0.2, 0.25) is 9.84 Å². The summed E-state index contributed by atoms with van der Waals surface area (Å²) >= 11 is 0. The number of aromatic nitrogens is 12. The van der Waals surface area contributed by atoms with Gasteiger partial charge < -0.3 is 25.5 Å². The van der Waals surface area contributed by atoms with E-state index in [1.54, 1.807) is 69.5 Å². The first-order valence-electron chi connectivity index (χ1n) is 39.3. The molecule has 7 aromatic heterocycles. The Kier molecular flexibility index (Phi) is 28.5. The van der Waals surface area contributed by atoms with Crippen LogP contribution < -0.4 is 15.9 Å². The molecule has 624 valence electrons. The van der Waals surface area contributed by atoms with Crippen LogP contribution in [0.25, 0.3) is 123 Å². The molecule has 21 heteroatoms. The molecule has 9 heterocycles. The third-order valence-corrected chi connectivity index (χ3v) is 25.8. The van der Waals surface area contributed by atoms with Crippen LogP contribution in [0.15, 0.2) is 386 Å². The maximum Gasteiger partial charge on any atom is 3.00 e. The van der Waals surface area contributed by atoms with Gasteiger partial charge in [-0.05, 0) is 117 Å². The molecule has 22 rings (SSSR count). The molecule has 13 aromatic carbocycles. The molecule has 0 fully saturated rings. The Morgan fingerprint density at radius 1 is 0.416 bits per heavy atom. The molecule has 16 nitrogen and oxygen atoms in total. The SMILES string of the molecule is Cc1cc(C)n(-c2[c-]cc(-c3ccc4c5ccccc5n(C(C)(C)C)c4c3)cc2)n1.Cn1ccnc1-c1[c-]cccc1.O=P1(c2ccccc2)c2ccccc2-c2ccc(-c3c[c-]c(-n4cccn4)cc3)cc21.O=S1(=O)c2ccccc2-c2ccc(-c3c[c-]c(-n4cccn4)cc3)cc21.[CH3-].[Ir+3].[Ir].[Ir].[c-]1ccccc1-c1ncco1.[c-]1ccccc1-n1cccn1. The number of fused-ring (bicyclic) bond motifs is 9. The minimum atomic E-state index is -3.46.